The number of nitrogens with two attached hydrogens (primary N) is 1. The van der Waals surface area contributed by atoms with Crippen LogP contribution in [0.15, 0.2) is 54.9 Å². The number of piperidine rings is 1. The molecule has 1 aliphatic rings. The Balaban J connectivity index is 1.44. The molecule has 3 aromatic rings. The van der Waals surface area contributed by atoms with Gasteiger partial charge < -0.3 is 24.8 Å². The number of nitrogens with zero attached hydrogens (tertiary/aromatic N) is 3. The Morgan fingerprint density at radius 1 is 0.969 bits per heavy atom. The van der Waals surface area contributed by atoms with Crippen LogP contribution in [0.5, 0.6) is 23.0 Å². The number of aromatic nitrogens is 2. The van der Waals surface area contributed by atoms with Gasteiger partial charge >= 0.3 is 0 Å². The number of rotatable bonds is 6. The van der Waals surface area contributed by atoms with E-state index in [9.17, 15) is 4.79 Å². The van der Waals surface area contributed by atoms with Gasteiger partial charge in [0, 0.05) is 37.0 Å². The van der Waals surface area contributed by atoms with Crippen LogP contribution in [0.4, 0.5) is 5.82 Å². The SMILES string of the molecule is COc1cc(C(=O)N2CCC(c3cnc(N)cc3OC)CC2)ncc1Oc1ccccc1. The van der Waals surface area contributed by atoms with Gasteiger partial charge in [-0.15, -0.1) is 0 Å². The number of benzene rings is 1. The first-order valence-corrected chi connectivity index (χ1v) is 10.4. The Labute approximate surface area is 187 Å². The summed E-state index contributed by atoms with van der Waals surface area (Å²) < 4.78 is 16.7. The van der Waals surface area contributed by atoms with Crippen molar-refractivity contribution >= 4 is 11.7 Å². The van der Waals surface area contributed by atoms with E-state index in [1.54, 1.807) is 32.5 Å². The predicted octanol–water partition coefficient (Wildman–Crippen LogP) is 3.89. The van der Waals surface area contributed by atoms with Crippen molar-refractivity contribution in [3.8, 4) is 23.0 Å². The first kappa shape index (κ1) is 21.4. The molecule has 1 aromatic carbocycles. The van der Waals surface area contributed by atoms with Gasteiger partial charge in [0.2, 0.25) is 0 Å². The molecule has 8 nitrogen and oxygen atoms in total. The largest absolute Gasteiger partial charge is 0.496 e. The Morgan fingerprint density at radius 2 is 1.69 bits per heavy atom. The Hall–Kier alpha value is -3.81. The number of nitrogen functional groups attached to an aromatic ring is 1. The summed E-state index contributed by atoms with van der Waals surface area (Å²) in [6.45, 7) is 1.23. The van der Waals surface area contributed by atoms with Gasteiger partial charge in [0.15, 0.2) is 11.5 Å². The van der Waals surface area contributed by atoms with Crippen LogP contribution in [0.2, 0.25) is 0 Å². The third kappa shape index (κ3) is 4.59. The van der Waals surface area contributed by atoms with Crippen LogP contribution in [0, 0.1) is 0 Å². The zero-order valence-electron chi connectivity index (χ0n) is 18.2. The van der Waals surface area contributed by atoms with E-state index in [0.29, 0.717) is 41.8 Å². The average molecular weight is 434 g/mol. The number of carbonyl (C=O) groups excluding carboxylic acids is 1. The van der Waals surface area contributed by atoms with Crippen LogP contribution in [0.1, 0.15) is 34.8 Å². The number of hydrogen-bond donors (Lipinski definition) is 1. The van der Waals surface area contributed by atoms with E-state index in [4.69, 9.17) is 19.9 Å². The maximum Gasteiger partial charge on any atom is 0.272 e. The van der Waals surface area contributed by atoms with Gasteiger partial charge in [-0.3, -0.25) is 4.79 Å². The molecule has 0 saturated carbocycles. The number of methoxy groups -OCH3 is 2. The molecule has 32 heavy (non-hydrogen) atoms. The molecule has 1 saturated heterocycles. The Morgan fingerprint density at radius 3 is 2.38 bits per heavy atom. The highest BCUT2D eigenvalue weighted by molar-refractivity contribution is 5.93. The average Bonchev–Trinajstić information content (AvgIpc) is 2.84. The van der Waals surface area contributed by atoms with Crippen LogP contribution >= 0.6 is 0 Å². The van der Waals surface area contributed by atoms with E-state index in [1.807, 2.05) is 35.2 Å². The van der Waals surface area contributed by atoms with Crippen molar-refractivity contribution in [1.82, 2.24) is 14.9 Å². The summed E-state index contributed by atoms with van der Waals surface area (Å²) >= 11 is 0. The monoisotopic (exact) mass is 434 g/mol. The summed E-state index contributed by atoms with van der Waals surface area (Å²) in [4.78, 5) is 23.4. The molecule has 0 atom stereocenters. The molecule has 0 spiro atoms. The van der Waals surface area contributed by atoms with Gasteiger partial charge in [0.1, 0.15) is 23.0 Å². The van der Waals surface area contributed by atoms with E-state index in [2.05, 4.69) is 9.97 Å². The molecule has 4 rings (SSSR count). The van der Waals surface area contributed by atoms with Gasteiger partial charge in [0.05, 0.1) is 20.4 Å². The molecule has 3 heterocycles. The maximum atomic E-state index is 13.1. The quantitative estimate of drug-likeness (QED) is 0.628. The van der Waals surface area contributed by atoms with Crippen LogP contribution in [-0.4, -0.2) is 48.1 Å². The number of likely N-dealkylation sites (tertiary alicyclic amines) is 1. The highest BCUT2D eigenvalue weighted by atomic mass is 16.5. The number of ether oxygens (including phenoxy) is 3. The zero-order chi connectivity index (χ0) is 22.5. The second-order valence-corrected chi connectivity index (χ2v) is 7.55. The maximum absolute atomic E-state index is 13.1. The third-order valence-electron chi connectivity index (χ3n) is 5.60. The summed E-state index contributed by atoms with van der Waals surface area (Å²) in [6, 6.07) is 12.7. The van der Waals surface area contributed by atoms with Crippen molar-refractivity contribution in [3.05, 3.63) is 66.1 Å². The molecule has 8 heteroatoms. The summed E-state index contributed by atoms with van der Waals surface area (Å²) in [5.41, 5.74) is 7.12. The third-order valence-corrected chi connectivity index (χ3v) is 5.60. The lowest BCUT2D eigenvalue weighted by Crippen LogP contribution is -2.38. The minimum absolute atomic E-state index is 0.129. The standard InChI is InChI=1S/C24H26N4O4/c1-30-20-13-23(25)27-14-18(20)16-8-10-28(11-9-16)24(29)19-12-21(31-2)22(15-26-19)32-17-6-4-3-5-7-17/h3-7,12-16H,8-11H2,1-2H3,(H2,25,27). The van der Waals surface area contributed by atoms with Gasteiger partial charge in [0.25, 0.3) is 5.91 Å². The molecule has 0 bridgehead atoms. The van der Waals surface area contributed by atoms with Crippen molar-refractivity contribution in [2.75, 3.05) is 33.0 Å². The van der Waals surface area contributed by atoms with Crippen molar-refractivity contribution < 1.29 is 19.0 Å². The Bertz CT molecular complexity index is 1080. The first-order chi connectivity index (χ1) is 15.6. The molecular formula is C24H26N4O4. The fourth-order valence-corrected chi connectivity index (χ4v) is 3.89. The molecule has 1 aliphatic heterocycles. The smallest absolute Gasteiger partial charge is 0.272 e. The lowest BCUT2D eigenvalue weighted by molar-refractivity contribution is 0.0706. The lowest BCUT2D eigenvalue weighted by atomic mass is 9.89. The molecule has 2 aromatic heterocycles. The van der Waals surface area contributed by atoms with Crippen molar-refractivity contribution in [2.24, 2.45) is 0 Å². The minimum atomic E-state index is -0.129. The number of hydrogen-bond acceptors (Lipinski definition) is 7. The fraction of sp³-hybridized carbons (Fsp3) is 0.292. The number of carbonyl (C=O) groups is 1. The van der Waals surface area contributed by atoms with E-state index < -0.39 is 0 Å². The fourth-order valence-electron chi connectivity index (χ4n) is 3.89. The molecular weight excluding hydrogens is 408 g/mol. The van der Waals surface area contributed by atoms with Gasteiger partial charge in [-0.05, 0) is 30.9 Å². The second-order valence-electron chi connectivity index (χ2n) is 7.55. The first-order valence-electron chi connectivity index (χ1n) is 10.4. The number of para-hydroxylation sites is 1. The van der Waals surface area contributed by atoms with E-state index in [-0.39, 0.29) is 11.8 Å². The molecule has 0 aliphatic carbocycles. The van der Waals surface area contributed by atoms with Crippen LogP contribution < -0.4 is 19.9 Å². The van der Waals surface area contributed by atoms with Gasteiger partial charge in [-0.2, -0.15) is 0 Å². The van der Waals surface area contributed by atoms with Gasteiger partial charge in [-0.1, -0.05) is 18.2 Å². The van der Waals surface area contributed by atoms with Crippen molar-refractivity contribution in [2.45, 2.75) is 18.8 Å². The van der Waals surface area contributed by atoms with Crippen LogP contribution in [-0.2, 0) is 0 Å². The second kappa shape index (κ2) is 9.55. The summed E-state index contributed by atoms with van der Waals surface area (Å²) in [5.74, 6) is 2.88. The van der Waals surface area contributed by atoms with Gasteiger partial charge in [-0.25, -0.2) is 9.97 Å². The topological polar surface area (TPSA) is 99.8 Å². The summed E-state index contributed by atoms with van der Waals surface area (Å²) in [7, 11) is 3.17. The van der Waals surface area contributed by atoms with E-state index in [0.717, 1.165) is 24.2 Å². The van der Waals surface area contributed by atoms with Crippen molar-refractivity contribution in [1.29, 1.82) is 0 Å². The van der Waals surface area contributed by atoms with Crippen LogP contribution in [0.3, 0.4) is 0 Å². The number of anilines is 1. The number of pyridine rings is 2. The molecule has 1 amide bonds. The highest BCUT2D eigenvalue weighted by Gasteiger charge is 2.28. The van der Waals surface area contributed by atoms with Crippen LogP contribution in [0.25, 0.3) is 0 Å². The molecule has 0 unspecified atom stereocenters. The molecule has 1 fully saturated rings. The normalized spacial score (nSPS) is 14.1. The summed E-state index contributed by atoms with van der Waals surface area (Å²) in [5, 5.41) is 0. The predicted molar refractivity (Wildman–Crippen MR) is 120 cm³/mol. The molecule has 0 radical (unpaired) electrons. The zero-order valence-corrected chi connectivity index (χ0v) is 18.2. The minimum Gasteiger partial charge on any atom is -0.496 e. The van der Waals surface area contributed by atoms with E-state index in [1.165, 1.54) is 6.20 Å². The van der Waals surface area contributed by atoms with Crippen molar-refractivity contribution in [3.63, 3.8) is 0 Å². The number of amides is 1. The highest BCUT2D eigenvalue weighted by Crippen LogP contribution is 2.35. The van der Waals surface area contributed by atoms with E-state index >= 15 is 0 Å². The summed E-state index contributed by atoms with van der Waals surface area (Å²) in [6.07, 6.45) is 4.91. The lowest BCUT2D eigenvalue weighted by Gasteiger charge is -2.32. The Kier molecular flexibility index (Phi) is 6.39. The molecule has 2 N–H and O–H groups in total. The molecule has 166 valence electrons.